The van der Waals surface area contributed by atoms with E-state index in [1.54, 1.807) is 43.5 Å². The van der Waals surface area contributed by atoms with Crippen LogP contribution in [0.2, 0.25) is 0 Å². The van der Waals surface area contributed by atoms with Crippen LogP contribution in [0.25, 0.3) is 22.2 Å². The largest absolute Gasteiger partial charge is 0.490 e. The summed E-state index contributed by atoms with van der Waals surface area (Å²) >= 11 is 3.43. The third-order valence-corrected chi connectivity index (χ3v) is 9.50. The van der Waals surface area contributed by atoms with Gasteiger partial charge in [-0.2, -0.15) is 17.6 Å². The van der Waals surface area contributed by atoms with Crippen molar-refractivity contribution in [2.24, 2.45) is 0 Å². The predicted molar refractivity (Wildman–Crippen MR) is 171 cm³/mol. The predicted octanol–water partition coefficient (Wildman–Crippen LogP) is 5.62. The maximum absolute atomic E-state index is 13.8. The van der Waals surface area contributed by atoms with Crippen LogP contribution in [0.3, 0.4) is 0 Å². The van der Waals surface area contributed by atoms with E-state index >= 15 is 0 Å². The maximum Gasteiger partial charge on any atom is 0.283 e. The molecular weight excluding hydrogens is 646 g/mol. The normalized spacial score (nSPS) is 13.8. The van der Waals surface area contributed by atoms with Crippen LogP contribution in [0, 0.1) is 6.92 Å². The summed E-state index contributed by atoms with van der Waals surface area (Å²) in [7, 11) is -4.01. The maximum atomic E-state index is 13.8. The lowest BCUT2D eigenvalue weighted by Crippen LogP contribution is -2.37. The highest BCUT2D eigenvalue weighted by Gasteiger charge is 2.26. The van der Waals surface area contributed by atoms with E-state index in [1.807, 2.05) is 36.4 Å². The summed E-state index contributed by atoms with van der Waals surface area (Å²) in [5.41, 5.74) is 3.19. The molecule has 4 heterocycles. The highest BCUT2D eigenvalue weighted by atomic mass is 79.9. The van der Waals surface area contributed by atoms with Gasteiger partial charge in [-0.3, -0.25) is 0 Å². The third-order valence-electron chi connectivity index (χ3n) is 7.32. The Bertz CT molecular complexity index is 1860. The van der Waals surface area contributed by atoms with Crippen LogP contribution >= 0.6 is 15.9 Å². The van der Waals surface area contributed by atoms with E-state index in [4.69, 9.17) is 19.2 Å². The zero-order valence-electron chi connectivity index (χ0n) is 24.2. The first-order valence-corrected chi connectivity index (χ1v) is 16.6. The van der Waals surface area contributed by atoms with Gasteiger partial charge in [0.25, 0.3) is 10.0 Å². The highest BCUT2D eigenvalue weighted by Crippen LogP contribution is 2.36. The van der Waals surface area contributed by atoms with Gasteiger partial charge in [-0.15, -0.1) is 0 Å². The first-order chi connectivity index (χ1) is 21.4. The SMILES string of the molecule is Cc1ccccc1S(=O)(=O)n1nc(-c2cnc(N3CCOCC3)c(OCCCOCc3ccccc3)c2)c2cc(Br)ncc21. The molecule has 0 radical (unpaired) electrons. The lowest BCUT2D eigenvalue weighted by atomic mass is 10.1. The van der Waals surface area contributed by atoms with Crippen LogP contribution in [-0.4, -0.2) is 67.1 Å². The molecule has 228 valence electrons. The Morgan fingerprint density at radius 1 is 0.955 bits per heavy atom. The molecule has 1 fully saturated rings. The molecule has 0 saturated carbocycles. The zero-order chi connectivity index (χ0) is 30.5. The Kier molecular flexibility index (Phi) is 9.22. The van der Waals surface area contributed by atoms with Gasteiger partial charge in [0.15, 0.2) is 11.6 Å². The van der Waals surface area contributed by atoms with Crippen molar-refractivity contribution in [2.75, 3.05) is 44.4 Å². The van der Waals surface area contributed by atoms with Gasteiger partial charge in [0.1, 0.15) is 15.8 Å². The number of nitrogens with zero attached hydrogens (tertiary/aromatic N) is 5. The van der Waals surface area contributed by atoms with E-state index in [2.05, 4.69) is 30.9 Å². The van der Waals surface area contributed by atoms with Gasteiger partial charge < -0.3 is 19.1 Å². The second-order valence-corrected chi connectivity index (χ2v) is 12.9. The Morgan fingerprint density at radius 3 is 2.52 bits per heavy atom. The number of aromatic nitrogens is 4. The lowest BCUT2D eigenvalue weighted by Gasteiger charge is -2.29. The highest BCUT2D eigenvalue weighted by molar-refractivity contribution is 9.10. The third kappa shape index (κ3) is 6.48. The Hall–Kier alpha value is -3.84. The number of halogens is 1. The molecule has 12 heteroatoms. The van der Waals surface area contributed by atoms with Crippen molar-refractivity contribution in [3.8, 4) is 17.0 Å². The number of hydrogen-bond donors (Lipinski definition) is 0. The number of ether oxygens (including phenoxy) is 3. The quantitative estimate of drug-likeness (QED) is 0.130. The molecule has 44 heavy (non-hydrogen) atoms. The molecule has 10 nitrogen and oxygen atoms in total. The number of pyridine rings is 2. The molecule has 6 rings (SSSR count). The lowest BCUT2D eigenvalue weighted by molar-refractivity contribution is 0.107. The molecule has 5 aromatic rings. The van der Waals surface area contributed by atoms with Crippen molar-refractivity contribution in [2.45, 2.75) is 24.8 Å². The molecule has 3 aromatic heterocycles. The molecule has 0 amide bonds. The number of anilines is 1. The average Bonchev–Trinajstić information content (AvgIpc) is 3.43. The monoisotopic (exact) mass is 677 g/mol. The standard InChI is InChI=1S/C32H32BrN5O5S/c1-23-8-5-6-11-29(23)44(39,40)38-27-21-34-30(33)19-26(27)31(36-38)25-18-28(32(35-20-25)37-12-16-41-17-13-37)43-15-7-14-42-22-24-9-3-2-4-10-24/h2-6,8-11,18-21H,7,12-17,22H2,1H3. The van der Waals surface area contributed by atoms with E-state index in [0.717, 1.165) is 9.65 Å². The van der Waals surface area contributed by atoms with Gasteiger partial charge in [-0.25, -0.2) is 9.97 Å². The fourth-order valence-electron chi connectivity index (χ4n) is 5.09. The Labute approximate surface area is 264 Å². The number of benzene rings is 2. The fraction of sp³-hybridized carbons (Fsp3) is 0.281. The molecule has 1 aliphatic rings. The average molecular weight is 679 g/mol. The number of fused-ring (bicyclic) bond motifs is 1. The molecule has 0 spiro atoms. The van der Waals surface area contributed by atoms with Crippen LogP contribution in [0.15, 0.2) is 88.6 Å². The fourth-order valence-corrected chi connectivity index (χ4v) is 6.93. The van der Waals surface area contributed by atoms with Crippen molar-refractivity contribution in [3.05, 3.63) is 94.9 Å². The number of morpholine rings is 1. The van der Waals surface area contributed by atoms with Gasteiger partial charge in [0, 0.05) is 36.7 Å². The van der Waals surface area contributed by atoms with Crippen LogP contribution in [0.4, 0.5) is 5.82 Å². The van der Waals surface area contributed by atoms with Crippen LogP contribution in [0.1, 0.15) is 17.5 Å². The number of aryl methyl sites for hydroxylation is 1. The van der Waals surface area contributed by atoms with Crippen LogP contribution in [-0.2, 0) is 26.1 Å². The van der Waals surface area contributed by atoms with Crippen molar-refractivity contribution >= 4 is 42.7 Å². The summed E-state index contributed by atoms with van der Waals surface area (Å²) in [5, 5.41) is 5.26. The van der Waals surface area contributed by atoms with Crippen molar-refractivity contribution < 1.29 is 22.6 Å². The topological polar surface area (TPSA) is 109 Å². The summed E-state index contributed by atoms with van der Waals surface area (Å²) in [6.45, 7) is 5.85. The summed E-state index contributed by atoms with van der Waals surface area (Å²) in [6, 6.07) is 20.5. The van der Waals surface area contributed by atoms with E-state index in [0.29, 0.717) is 96.4 Å². The Morgan fingerprint density at radius 2 is 1.73 bits per heavy atom. The summed E-state index contributed by atoms with van der Waals surface area (Å²) in [6.07, 6.45) is 3.90. The van der Waals surface area contributed by atoms with E-state index in [-0.39, 0.29) is 4.90 Å². The van der Waals surface area contributed by atoms with E-state index in [9.17, 15) is 8.42 Å². The zero-order valence-corrected chi connectivity index (χ0v) is 26.6. The van der Waals surface area contributed by atoms with Crippen molar-refractivity contribution in [1.29, 1.82) is 0 Å². The van der Waals surface area contributed by atoms with Crippen molar-refractivity contribution in [3.63, 3.8) is 0 Å². The molecule has 1 aliphatic heterocycles. The van der Waals surface area contributed by atoms with Gasteiger partial charge in [-0.05, 0) is 52.2 Å². The van der Waals surface area contributed by atoms with Gasteiger partial charge in [-0.1, -0.05) is 48.5 Å². The van der Waals surface area contributed by atoms with Crippen LogP contribution < -0.4 is 9.64 Å². The van der Waals surface area contributed by atoms with Gasteiger partial charge >= 0.3 is 0 Å². The minimum absolute atomic E-state index is 0.179. The second kappa shape index (κ2) is 13.4. The van der Waals surface area contributed by atoms with E-state index < -0.39 is 10.0 Å². The molecule has 0 atom stereocenters. The first-order valence-electron chi connectivity index (χ1n) is 14.3. The Balaban J connectivity index is 1.31. The molecule has 1 saturated heterocycles. The minimum atomic E-state index is -4.01. The molecule has 0 N–H and O–H groups in total. The minimum Gasteiger partial charge on any atom is -0.490 e. The summed E-state index contributed by atoms with van der Waals surface area (Å²) in [4.78, 5) is 11.4. The van der Waals surface area contributed by atoms with Crippen LogP contribution in [0.5, 0.6) is 5.75 Å². The van der Waals surface area contributed by atoms with Crippen molar-refractivity contribution in [1.82, 2.24) is 19.2 Å². The molecule has 0 aliphatic carbocycles. The van der Waals surface area contributed by atoms with Gasteiger partial charge in [0.05, 0.1) is 44.1 Å². The summed E-state index contributed by atoms with van der Waals surface area (Å²) < 4.78 is 47.0. The number of rotatable bonds is 11. The van der Waals surface area contributed by atoms with Gasteiger partial charge in [0.2, 0.25) is 0 Å². The smallest absolute Gasteiger partial charge is 0.283 e. The molecule has 0 unspecified atom stereocenters. The van der Waals surface area contributed by atoms with E-state index in [1.165, 1.54) is 6.20 Å². The molecular formula is C32H32BrN5O5S. The second-order valence-electron chi connectivity index (χ2n) is 10.4. The molecule has 2 aromatic carbocycles. The summed E-state index contributed by atoms with van der Waals surface area (Å²) in [5.74, 6) is 1.30. The first kappa shape index (κ1) is 30.2. The number of hydrogen-bond acceptors (Lipinski definition) is 9. The molecule has 0 bridgehead atoms.